The number of hydrogen-bond acceptors (Lipinski definition) is 1. The first-order valence-corrected chi connectivity index (χ1v) is 2.65. The molecule has 0 saturated heterocycles. The van der Waals surface area contributed by atoms with E-state index < -0.39 is 0 Å². The molecule has 0 saturated carbocycles. The molecule has 2 heteroatoms. The molecule has 0 aliphatic carbocycles. The summed E-state index contributed by atoms with van der Waals surface area (Å²) in [4.78, 5) is 10.4. The molecule has 2 nitrogen and oxygen atoms in total. The molecule has 0 spiro atoms. The van der Waals surface area contributed by atoms with Crippen molar-refractivity contribution in [2.75, 3.05) is 0 Å². The molecule has 1 rings (SSSR count). The third-order valence-electron chi connectivity index (χ3n) is 1.06. The van der Waals surface area contributed by atoms with Crippen LogP contribution in [0.15, 0.2) is 30.3 Å². The Morgan fingerprint density at radius 1 is 1.22 bits per heavy atom. The summed E-state index contributed by atoms with van der Waals surface area (Å²) in [6.45, 7) is 0. The number of nitrogens with two attached hydrogens (primary N) is 1. The van der Waals surface area contributed by atoms with Crippen molar-refractivity contribution in [2.45, 2.75) is 0 Å². The molecular weight excluding hydrogens is 116 g/mol. The van der Waals surface area contributed by atoms with Gasteiger partial charge in [0.1, 0.15) is 0 Å². The number of hydrogen-bond donors (Lipinski definition) is 1. The highest BCUT2D eigenvalue weighted by Gasteiger charge is 1.93. The molecule has 46 valence electrons. The maximum Gasteiger partial charge on any atom is 0.248 e. The van der Waals surface area contributed by atoms with Crippen LogP contribution < -0.4 is 5.73 Å². The second-order valence-electron chi connectivity index (χ2n) is 1.73. The number of carbonyl (C=O) groups excluding carboxylic acids is 1. The lowest BCUT2D eigenvalue weighted by Gasteiger charge is -1.89. The molecule has 0 bridgehead atoms. The van der Waals surface area contributed by atoms with Gasteiger partial charge in [-0.25, -0.2) is 0 Å². The molecule has 0 radical (unpaired) electrons. The summed E-state index contributed by atoms with van der Waals surface area (Å²) in [5.74, 6) is -0.379. The van der Waals surface area contributed by atoms with Gasteiger partial charge >= 0.3 is 0 Å². The lowest BCUT2D eigenvalue weighted by atomic mass is 10.3. The summed E-state index contributed by atoms with van der Waals surface area (Å²) < 4.78 is 0. The van der Waals surface area contributed by atoms with Crippen LogP contribution in [-0.2, 0) is 0 Å². The van der Waals surface area contributed by atoms with Gasteiger partial charge < -0.3 is 5.73 Å². The van der Waals surface area contributed by atoms with Crippen molar-refractivity contribution in [1.29, 1.82) is 0 Å². The van der Waals surface area contributed by atoms with Crippen LogP contribution in [0, 0.1) is 0 Å². The number of primary amides is 1. The SMILES string of the molecule is N[14C](=O)c1ccccc1. The summed E-state index contributed by atoms with van der Waals surface area (Å²) >= 11 is 0. The molecule has 0 unspecified atom stereocenters. The van der Waals surface area contributed by atoms with E-state index in [9.17, 15) is 4.79 Å². The summed E-state index contributed by atoms with van der Waals surface area (Å²) in [5.41, 5.74) is 5.53. The van der Waals surface area contributed by atoms with Crippen LogP contribution in [0.3, 0.4) is 0 Å². The fourth-order valence-electron chi connectivity index (χ4n) is 0.602. The number of amides is 1. The standard InChI is InChI=1S/C7H7NO/c8-7(9)6-4-2-1-3-5-6/h1-5H,(H2,8,9)/i7+2. The van der Waals surface area contributed by atoms with Crippen LogP contribution in [0.25, 0.3) is 0 Å². The van der Waals surface area contributed by atoms with Crippen molar-refractivity contribution in [2.24, 2.45) is 5.73 Å². The van der Waals surface area contributed by atoms with Gasteiger partial charge in [0, 0.05) is 5.56 Å². The van der Waals surface area contributed by atoms with Crippen molar-refractivity contribution in [1.82, 2.24) is 0 Å². The van der Waals surface area contributed by atoms with Crippen LogP contribution >= 0.6 is 0 Å². The first kappa shape index (κ1) is 5.82. The van der Waals surface area contributed by atoms with Crippen molar-refractivity contribution < 1.29 is 4.79 Å². The summed E-state index contributed by atoms with van der Waals surface area (Å²) in [7, 11) is 0. The Kier molecular flexibility index (Phi) is 1.49. The van der Waals surface area contributed by atoms with Crippen molar-refractivity contribution in [3.05, 3.63) is 35.9 Å². The highest BCUT2D eigenvalue weighted by Crippen LogP contribution is 1.94. The molecule has 0 aliphatic rings. The number of benzene rings is 1. The smallest absolute Gasteiger partial charge is 0.248 e. The molecule has 2 N–H and O–H groups in total. The molecule has 0 atom stereocenters. The minimum absolute atomic E-state index is 0.379. The summed E-state index contributed by atoms with van der Waals surface area (Å²) in [6, 6.07) is 8.76. The quantitative estimate of drug-likeness (QED) is 0.589. The van der Waals surface area contributed by atoms with E-state index >= 15 is 0 Å². The first-order valence-electron chi connectivity index (χ1n) is 2.65. The van der Waals surface area contributed by atoms with Gasteiger partial charge in [0.25, 0.3) is 0 Å². The van der Waals surface area contributed by atoms with Crippen molar-refractivity contribution >= 4 is 5.91 Å². The molecular formula is C7H7NO. The Morgan fingerprint density at radius 2 is 1.78 bits per heavy atom. The highest BCUT2D eigenvalue weighted by atomic mass is 16.3. The second kappa shape index (κ2) is 2.31. The lowest BCUT2D eigenvalue weighted by Crippen LogP contribution is -2.09. The molecule has 1 aromatic rings. The predicted molar refractivity (Wildman–Crippen MR) is 35.0 cm³/mol. The van der Waals surface area contributed by atoms with Crippen molar-refractivity contribution in [3.63, 3.8) is 0 Å². The van der Waals surface area contributed by atoms with Crippen molar-refractivity contribution in [3.8, 4) is 0 Å². The summed E-state index contributed by atoms with van der Waals surface area (Å²) in [5, 5.41) is 0. The van der Waals surface area contributed by atoms with Crippen LogP contribution in [-0.4, -0.2) is 5.91 Å². The lowest BCUT2D eigenvalue weighted by molar-refractivity contribution is 0.100. The van der Waals surface area contributed by atoms with E-state index in [-0.39, 0.29) is 5.91 Å². The summed E-state index contributed by atoms with van der Waals surface area (Å²) in [6.07, 6.45) is 0. The molecule has 0 heterocycles. The number of rotatable bonds is 1. The Hall–Kier alpha value is -1.31. The third-order valence-corrected chi connectivity index (χ3v) is 1.06. The molecule has 1 amide bonds. The zero-order valence-electron chi connectivity index (χ0n) is 4.87. The maximum absolute atomic E-state index is 10.4. The minimum Gasteiger partial charge on any atom is -0.366 e. The van der Waals surface area contributed by atoms with Gasteiger partial charge in [-0.15, -0.1) is 0 Å². The van der Waals surface area contributed by atoms with Crippen LogP contribution in [0.5, 0.6) is 0 Å². The number of carbonyl (C=O) groups is 1. The monoisotopic (exact) mass is 123 g/mol. The van der Waals surface area contributed by atoms with Crippen LogP contribution in [0.2, 0.25) is 0 Å². The van der Waals surface area contributed by atoms with E-state index in [1.165, 1.54) is 0 Å². The van der Waals surface area contributed by atoms with E-state index in [1.54, 1.807) is 24.3 Å². The average molecular weight is 123 g/mol. The Bertz CT molecular complexity index is 205. The van der Waals surface area contributed by atoms with E-state index in [4.69, 9.17) is 5.73 Å². The Morgan fingerprint density at radius 3 is 2.11 bits per heavy atom. The average Bonchev–Trinajstić information content (AvgIpc) is 1.90. The minimum atomic E-state index is -0.379. The van der Waals surface area contributed by atoms with E-state index in [2.05, 4.69) is 0 Å². The van der Waals surface area contributed by atoms with Gasteiger partial charge in [-0.05, 0) is 12.1 Å². The molecule has 1 aromatic carbocycles. The highest BCUT2D eigenvalue weighted by molar-refractivity contribution is 5.92. The van der Waals surface area contributed by atoms with Gasteiger partial charge in [-0.2, -0.15) is 0 Å². The predicted octanol–water partition coefficient (Wildman–Crippen LogP) is 0.786. The van der Waals surface area contributed by atoms with Gasteiger partial charge in [0.05, 0.1) is 0 Å². The molecule has 9 heavy (non-hydrogen) atoms. The third kappa shape index (κ3) is 1.29. The fraction of sp³-hybridized carbons (Fsp3) is 0. The zero-order valence-corrected chi connectivity index (χ0v) is 4.87. The van der Waals surface area contributed by atoms with E-state index in [1.807, 2.05) is 6.07 Å². The van der Waals surface area contributed by atoms with Gasteiger partial charge in [-0.3, -0.25) is 4.79 Å². The van der Waals surface area contributed by atoms with E-state index in [0.717, 1.165) is 0 Å². The molecule has 0 aliphatic heterocycles. The second-order valence-corrected chi connectivity index (χ2v) is 1.73. The fourth-order valence-corrected chi connectivity index (χ4v) is 0.602. The molecule has 0 aromatic heterocycles. The van der Waals surface area contributed by atoms with Crippen LogP contribution in [0.1, 0.15) is 10.4 Å². The Labute approximate surface area is 53.3 Å². The van der Waals surface area contributed by atoms with E-state index in [0.29, 0.717) is 5.56 Å². The largest absolute Gasteiger partial charge is 0.366 e. The Balaban J connectivity index is 2.98. The normalized spacial score (nSPS) is 8.89. The van der Waals surface area contributed by atoms with Gasteiger partial charge in [-0.1, -0.05) is 18.2 Å². The maximum atomic E-state index is 10.4. The first-order chi connectivity index (χ1) is 4.30. The topological polar surface area (TPSA) is 43.1 Å². The van der Waals surface area contributed by atoms with Gasteiger partial charge in [0.15, 0.2) is 0 Å². The van der Waals surface area contributed by atoms with Gasteiger partial charge in [0.2, 0.25) is 5.91 Å². The van der Waals surface area contributed by atoms with Crippen LogP contribution in [0.4, 0.5) is 0 Å². The zero-order chi connectivity index (χ0) is 6.69. The molecule has 0 fully saturated rings.